The third kappa shape index (κ3) is 1.42. The van der Waals surface area contributed by atoms with E-state index in [1.807, 2.05) is 19.1 Å². The maximum absolute atomic E-state index is 12.2. The molecule has 1 fully saturated rings. The van der Waals surface area contributed by atoms with Gasteiger partial charge in [-0.3, -0.25) is 14.7 Å². The molecule has 2 heterocycles. The number of nitrogens with one attached hydrogen (secondary N) is 1. The van der Waals surface area contributed by atoms with Crippen LogP contribution in [0.25, 0.3) is 0 Å². The quantitative estimate of drug-likeness (QED) is 0.583. The van der Waals surface area contributed by atoms with Crippen LogP contribution in [0.5, 0.6) is 0 Å². The third-order valence-corrected chi connectivity index (χ3v) is 3.43. The van der Waals surface area contributed by atoms with E-state index in [0.29, 0.717) is 18.7 Å². The van der Waals surface area contributed by atoms with Crippen LogP contribution >= 0.6 is 0 Å². The van der Waals surface area contributed by atoms with Crippen LogP contribution < -0.4 is 4.90 Å². The van der Waals surface area contributed by atoms with Gasteiger partial charge in [0, 0.05) is 11.8 Å². The second-order valence-electron chi connectivity index (χ2n) is 4.58. The molecular formula is C12H13N3O2. The van der Waals surface area contributed by atoms with Crippen molar-refractivity contribution in [3.63, 3.8) is 0 Å². The highest BCUT2D eigenvalue weighted by Gasteiger charge is 2.48. The number of carbonyl (C=O) groups is 2. The molecule has 0 radical (unpaired) electrons. The van der Waals surface area contributed by atoms with Crippen molar-refractivity contribution in [1.82, 2.24) is 10.2 Å². The summed E-state index contributed by atoms with van der Waals surface area (Å²) in [5.41, 5.74) is 0.841. The predicted molar refractivity (Wildman–Crippen MR) is 61.2 cm³/mol. The number of anilines is 1. The maximum Gasteiger partial charge on any atom is 0.239 e. The Labute approximate surface area is 98.5 Å². The number of rotatable bonds is 1. The Morgan fingerprint density at radius 2 is 1.82 bits per heavy atom. The molecule has 1 aliphatic carbocycles. The highest BCUT2D eigenvalue weighted by molar-refractivity contribution is 6.21. The minimum atomic E-state index is -0.190. The number of fused-ring (bicyclic) bond motifs is 1. The minimum absolute atomic E-state index is 0.115. The van der Waals surface area contributed by atoms with Gasteiger partial charge in [-0.25, -0.2) is 4.90 Å². The maximum atomic E-state index is 12.2. The molecule has 1 aliphatic heterocycles. The van der Waals surface area contributed by atoms with Crippen molar-refractivity contribution in [3.8, 4) is 0 Å². The summed E-state index contributed by atoms with van der Waals surface area (Å²) in [6.07, 6.45) is 5.28. The van der Waals surface area contributed by atoms with Gasteiger partial charge >= 0.3 is 0 Å². The summed E-state index contributed by atoms with van der Waals surface area (Å²) >= 11 is 0. The van der Waals surface area contributed by atoms with Crippen LogP contribution in [0.1, 0.15) is 18.5 Å². The standard InChI is InChI=1S/C12H13N3O2/c1-7-6-10(14-13-7)15-11(16)8-4-2-3-5-9(8)12(15)17/h2-3,6,8-9H,4-5H2,1H3,(H,13,14)/t8-,9-/m0/s1. The van der Waals surface area contributed by atoms with Crippen LogP contribution in [0.2, 0.25) is 0 Å². The molecule has 0 unspecified atom stereocenters. The van der Waals surface area contributed by atoms with Crippen molar-refractivity contribution in [1.29, 1.82) is 0 Å². The molecular weight excluding hydrogens is 218 g/mol. The molecule has 2 aliphatic rings. The van der Waals surface area contributed by atoms with Gasteiger partial charge in [-0.15, -0.1) is 0 Å². The molecule has 1 saturated heterocycles. The summed E-state index contributed by atoms with van der Waals surface area (Å²) in [4.78, 5) is 25.6. The lowest BCUT2D eigenvalue weighted by atomic mass is 9.85. The molecule has 88 valence electrons. The second kappa shape index (κ2) is 3.55. The van der Waals surface area contributed by atoms with Gasteiger partial charge in [0.05, 0.1) is 11.8 Å². The Morgan fingerprint density at radius 1 is 1.24 bits per heavy atom. The Balaban J connectivity index is 1.97. The molecule has 1 aromatic rings. The number of hydrogen-bond donors (Lipinski definition) is 1. The van der Waals surface area contributed by atoms with E-state index in [9.17, 15) is 9.59 Å². The topological polar surface area (TPSA) is 66.1 Å². The number of aromatic nitrogens is 2. The number of aromatic amines is 1. The number of aryl methyl sites for hydroxylation is 1. The lowest BCUT2D eigenvalue weighted by Gasteiger charge is -2.14. The van der Waals surface area contributed by atoms with E-state index in [1.54, 1.807) is 6.07 Å². The zero-order valence-corrected chi connectivity index (χ0v) is 9.51. The van der Waals surface area contributed by atoms with Gasteiger partial charge in [-0.1, -0.05) is 12.2 Å². The molecule has 0 spiro atoms. The van der Waals surface area contributed by atoms with Crippen LogP contribution in [0, 0.1) is 18.8 Å². The predicted octanol–water partition coefficient (Wildman–Crippen LogP) is 1.17. The molecule has 5 heteroatoms. The van der Waals surface area contributed by atoms with Crippen molar-refractivity contribution in [2.24, 2.45) is 11.8 Å². The van der Waals surface area contributed by atoms with Crippen LogP contribution in [0.4, 0.5) is 5.82 Å². The van der Waals surface area contributed by atoms with Crippen molar-refractivity contribution in [3.05, 3.63) is 23.9 Å². The van der Waals surface area contributed by atoms with Crippen molar-refractivity contribution in [2.45, 2.75) is 19.8 Å². The summed E-state index contributed by atoms with van der Waals surface area (Å²) < 4.78 is 0. The normalized spacial score (nSPS) is 27.7. The first-order chi connectivity index (χ1) is 8.18. The number of nitrogens with zero attached hydrogens (tertiary/aromatic N) is 2. The summed E-state index contributed by atoms with van der Waals surface area (Å²) in [7, 11) is 0. The molecule has 0 bridgehead atoms. The fourth-order valence-corrected chi connectivity index (χ4v) is 2.54. The lowest BCUT2D eigenvalue weighted by Crippen LogP contribution is -2.31. The molecule has 2 amide bonds. The number of carbonyl (C=O) groups excluding carboxylic acids is 2. The molecule has 17 heavy (non-hydrogen) atoms. The van der Waals surface area contributed by atoms with E-state index in [4.69, 9.17) is 0 Å². The average Bonchev–Trinajstić information content (AvgIpc) is 2.84. The first kappa shape index (κ1) is 10.3. The molecule has 1 N–H and O–H groups in total. The van der Waals surface area contributed by atoms with E-state index in [0.717, 1.165) is 5.69 Å². The van der Waals surface area contributed by atoms with E-state index in [1.165, 1.54) is 4.90 Å². The highest BCUT2D eigenvalue weighted by atomic mass is 16.2. The summed E-state index contributed by atoms with van der Waals surface area (Å²) in [6.45, 7) is 1.84. The largest absolute Gasteiger partial charge is 0.281 e. The molecule has 3 rings (SSSR count). The molecule has 5 nitrogen and oxygen atoms in total. The second-order valence-corrected chi connectivity index (χ2v) is 4.58. The fourth-order valence-electron chi connectivity index (χ4n) is 2.54. The van der Waals surface area contributed by atoms with E-state index in [2.05, 4.69) is 10.2 Å². The Kier molecular flexibility index (Phi) is 2.14. The van der Waals surface area contributed by atoms with Crippen molar-refractivity contribution >= 4 is 17.6 Å². The van der Waals surface area contributed by atoms with Gasteiger partial charge in [0.1, 0.15) is 0 Å². The molecule has 0 saturated carbocycles. The van der Waals surface area contributed by atoms with Crippen LogP contribution in [-0.4, -0.2) is 22.0 Å². The Morgan fingerprint density at radius 3 is 2.29 bits per heavy atom. The number of H-pyrrole nitrogens is 1. The monoisotopic (exact) mass is 231 g/mol. The summed E-state index contributed by atoms with van der Waals surface area (Å²) in [5.74, 6) is -0.187. The zero-order valence-electron chi connectivity index (χ0n) is 9.51. The smallest absolute Gasteiger partial charge is 0.239 e. The highest BCUT2D eigenvalue weighted by Crippen LogP contribution is 2.36. The van der Waals surface area contributed by atoms with E-state index >= 15 is 0 Å². The number of hydrogen-bond acceptors (Lipinski definition) is 3. The van der Waals surface area contributed by atoms with E-state index < -0.39 is 0 Å². The van der Waals surface area contributed by atoms with Crippen molar-refractivity contribution in [2.75, 3.05) is 4.90 Å². The van der Waals surface area contributed by atoms with Gasteiger partial charge in [0.25, 0.3) is 0 Å². The van der Waals surface area contributed by atoms with Gasteiger partial charge in [-0.05, 0) is 19.8 Å². The van der Waals surface area contributed by atoms with Crippen molar-refractivity contribution < 1.29 is 9.59 Å². The van der Waals surface area contributed by atoms with E-state index in [-0.39, 0.29) is 23.7 Å². The van der Waals surface area contributed by atoms with Gasteiger partial charge < -0.3 is 0 Å². The van der Waals surface area contributed by atoms with Crippen LogP contribution in [0.15, 0.2) is 18.2 Å². The van der Waals surface area contributed by atoms with Gasteiger partial charge in [-0.2, -0.15) is 5.10 Å². The van der Waals surface area contributed by atoms with Gasteiger partial charge in [0.2, 0.25) is 11.8 Å². The number of allylic oxidation sites excluding steroid dienone is 2. The van der Waals surface area contributed by atoms with Gasteiger partial charge in [0.15, 0.2) is 5.82 Å². The average molecular weight is 231 g/mol. The number of imide groups is 1. The molecule has 2 atom stereocenters. The summed E-state index contributed by atoms with van der Waals surface area (Å²) in [6, 6.07) is 1.72. The Bertz CT molecular complexity index is 492. The first-order valence-corrected chi connectivity index (χ1v) is 5.73. The number of amides is 2. The van der Waals surface area contributed by atoms with Crippen LogP contribution in [0.3, 0.4) is 0 Å². The molecule has 1 aromatic heterocycles. The fraction of sp³-hybridized carbons (Fsp3) is 0.417. The minimum Gasteiger partial charge on any atom is -0.281 e. The Hall–Kier alpha value is -1.91. The van der Waals surface area contributed by atoms with Crippen LogP contribution in [-0.2, 0) is 9.59 Å². The SMILES string of the molecule is Cc1cc(N2C(=O)[C@H]3CC=CC[C@@H]3C2=O)n[nH]1. The first-order valence-electron chi connectivity index (χ1n) is 5.73. The molecule has 0 aromatic carbocycles. The third-order valence-electron chi connectivity index (χ3n) is 3.43. The summed E-state index contributed by atoms with van der Waals surface area (Å²) in [5, 5.41) is 6.75. The zero-order chi connectivity index (χ0) is 12.0. The lowest BCUT2D eigenvalue weighted by molar-refractivity contribution is -0.122.